The lowest BCUT2D eigenvalue weighted by molar-refractivity contribution is -0.131. The summed E-state index contributed by atoms with van der Waals surface area (Å²) < 4.78 is 14.9. The van der Waals surface area contributed by atoms with Crippen molar-refractivity contribution in [1.29, 1.82) is 0 Å². The van der Waals surface area contributed by atoms with Crippen LogP contribution in [-0.2, 0) is 11.3 Å². The van der Waals surface area contributed by atoms with E-state index in [0.717, 1.165) is 17.0 Å². The van der Waals surface area contributed by atoms with Gasteiger partial charge in [0.2, 0.25) is 0 Å². The number of aromatic nitrogens is 1. The quantitative estimate of drug-likeness (QED) is 0.828. The number of hydrogen-bond acceptors (Lipinski definition) is 1. The Hall–Kier alpha value is -2.10. The van der Waals surface area contributed by atoms with Crippen molar-refractivity contribution in [3.8, 4) is 0 Å². The zero-order valence-electron chi connectivity index (χ0n) is 9.35. The molecule has 0 aliphatic carbocycles. The van der Waals surface area contributed by atoms with Crippen molar-refractivity contribution in [2.24, 2.45) is 0 Å². The Bertz CT molecular complexity index is 598. The topological polar surface area (TPSA) is 42.2 Å². The third-order valence-electron chi connectivity index (χ3n) is 2.53. The summed E-state index contributed by atoms with van der Waals surface area (Å²) in [6, 6.07) is 6.44. The molecule has 17 heavy (non-hydrogen) atoms. The van der Waals surface area contributed by atoms with Gasteiger partial charge in [0.25, 0.3) is 0 Å². The first-order valence-electron chi connectivity index (χ1n) is 5.21. The molecule has 2 rings (SSSR count). The first-order chi connectivity index (χ1) is 8.06. The van der Waals surface area contributed by atoms with E-state index in [0.29, 0.717) is 12.1 Å². The molecule has 0 atom stereocenters. The van der Waals surface area contributed by atoms with E-state index in [2.05, 4.69) is 0 Å². The molecule has 1 heterocycles. The van der Waals surface area contributed by atoms with Crippen LogP contribution in [0.1, 0.15) is 6.92 Å². The fraction of sp³-hybridized carbons (Fsp3) is 0.154. The van der Waals surface area contributed by atoms with Crippen LogP contribution in [0, 0.1) is 5.82 Å². The average Bonchev–Trinajstić information content (AvgIpc) is 2.60. The molecule has 0 unspecified atom stereocenters. The van der Waals surface area contributed by atoms with Gasteiger partial charge in [0, 0.05) is 18.8 Å². The molecule has 0 fully saturated rings. The van der Waals surface area contributed by atoms with Crippen LogP contribution >= 0.6 is 0 Å². The summed E-state index contributed by atoms with van der Waals surface area (Å²) in [4.78, 5) is 10.5. The summed E-state index contributed by atoms with van der Waals surface area (Å²) in [6.07, 6.45) is 2.98. The molecule has 0 amide bonds. The largest absolute Gasteiger partial charge is 0.478 e. The Morgan fingerprint density at radius 2 is 2.24 bits per heavy atom. The van der Waals surface area contributed by atoms with Gasteiger partial charge in [-0.05, 0) is 42.1 Å². The predicted molar refractivity (Wildman–Crippen MR) is 63.3 cm³/mol. The van der Waals surface area contributed by atoms with Crippen molar-refractivity contribution in [2.75, 3.05) is 0 Å². The van der Waals surface area contributed by atoms with Crippen molar-refractivity contribution < 1.29 is 14.3 Å². The van der Waals surface area contributed by atoms with Crippen LogP contribution in [0.3, 0.4) is 0 Å². The van der Waals surface area contributed by atoms with Crippen molar-refractivity contribution in [1.82, 2.24) is 4.57 Å². The third-order valence-corrected chi connectivity index (χ3v) is 2.53. The first-order valence-corrected chi connectivity index (χ1v) is 5.21. The van der Waals surface area contributed by atoms with Crippen molar-refractivity contribution in [3.63, 3.8) is 0 Å². The van der Waals surface area contributed by atoms with Crippen LogP contribution in [-0.4, -0.2) is 15.6 Å². The predicted octanol–water partition coefficient (Wildman–Crippen LogP) is 2.81. The molecule has 0 saturated heterocycles. The van der Waals surface area contributed by atoms with Crippen LogP contribution in [0.2, 0.25) is 0 Å². The number of allylic oxidation sites excluding steroid dienone is 1. The Kier molecular flexibility index (Phi) is 2.95. The molecule has 1 aromatic carbocycles. The van der Waals surface area contributed by atoms with Gasteiger partial charge in [-0.1, -0.05) is 0 Å². The van der Waals surface area contributed by atoms with E-state index in [1.165, 1.54) is 12.1 Å². The maximum atomic E-state index is 13.1. The Morgan fingerprint density at radius 3 is 2.94 bits per heavy atom. The molecule has 1 aromatic heterocycles. The molecule has 0 aliphatic rings. The van der Waals surface area contributed by atoms with Crippen LogP contribution in [0.4, 0.5) is 4.39 Å². The fourth-order valence-corrected chi connectivity index (χ4v) is 1.82. The smallest absolute Gasteiger partial charge is 0.328 e. The molecular weight excluding hydrogens is 221 g/mol. The Labute approximate surface area is 97.8 Å². The van der Waals surface area contributed by atoms with Gasteiger partial charge < -0.3 is 9.67 Å². The van der Waals surface area contributed by atoms with E-state index in [1.807, 2.05) is 16.8 Å². The molecule has 0 bridgehead atoms. The number of aliphatic carboxylic acids is 1. The number of fused-ring (bicyclic) bond motifs is 1. The summed E-state index contributed by atoms with van der Waals surface area (Å²) in [6.45, 7) is 2.18. The highest BCUT2D eigenvalue weighted by atomic mass is 19.1. The maximum Gasteiger partial charge on any atom is 0.328 e. The summed E-state index contributed by atoms with van der Waals surface area (Å²) in [5.74, 6) is -1.26. The minimum Gasteiger partial charge on any atom is -0.478 e. The van der Waals surface area contributed by atoms with Gasteiger partial charge in [0.1, 0.15) is 5.82 Å². The number of carbonyl (C=O) groups is 1. The standard InChI is InChI=1S/C13H12FNO2/c1-9(6-13(16)17)8-15-5-4-10-2-3-11(14)7-12(10)15/h2-7H,8H2,1H3,(H,16,17). The average molecular weight is 233 g/mol. The van der Waals surface area contributed by atoms with Gasteiger partial charge >= 0.3 is 5.97 Å². The van der Waals surface area contributed by atoms with Gasteiger partial charge in [-0.3, -0.25) is 0 Å². The molecule has 88 valence electrons. The summed E-state index contributed by atoms with van der Waals surface area (Å²) in [5.41, 5.74) is 1.47. The number of carboxylic acid groups (broad SMARTS) is 1. The summed E-state index contributed by atoms with van der Waals surface area (Å²) >= 11 is 0. The second kappa shape index (κ2) is 4.41. The van der Waals surface area contributed by atoms with Crippen LogP contribution in [0.5, 0.6) is 0 Å². The third kappa shape index (κ3) is 2.53. The zero-order valence-corrected chi connectivity index (χ0v) is 9.35. The molecule has 0 radical (unpaired) electrons. The highest BCUT2D eigenvalue weighted by Crippen LogP contribution is 2.18. The second-order valence-electron chi connectivity index (χ2n) is 3.98. The van der Waals surface area contributed by atoms with Crippen LogP contribution in [0.25, 0.3) is 10.9 Å². The SMILES string of the molecule is CC(=CC(=O)O)Cn1ccc2ccc(F)cc21. The van der Waals surface area contributed by atoms with Gasteiger partial charge in [-0.15, -0.1) is 0 Å². The number of rotatable bonds is 3. The molecular formula is C13H12FNO2. The Morgan fingerprint density at radius 1 is 1.47 bits per heavy atom. The molecule has 4 heteroatoms. The molecule has 0 saturated carbocycles. The van der Waals surface area contributed by atoms with E-state index >= 15 is 0 Å². The number of halogens is 1. The lowest BCUT2D eigenvalue weighted by Crippen LogP contribution is -2.00. The van der Waals surface area contributed by atoms with E-state index in [4.69, 9.17) is 5.11 Å². The maximum absolute atomic E-state index is 13.1. The normalized spacial score (nSPS) is 12.0. The number of carboxylic acids is 1. The lowest BCUT2D eigenvalue weighted by atomic mass is 10.2. The van der Waals surface area contributed by atoms with E-state index in [-0.39, 0.29) is 5.82 Å². The van der Waals surface area contributed by atoms with E-state index in [1.54, 1.807) is 13.0 Å². The zero-order chi connectivity index (χ0) is 12.4. The Balaban J connectivity index is 2.36. The van der Waals surface area contributed by atoms with Gasteiger partial charge in [-0.25, -0.2) is 9.18 Å². The van der Waals surface area contributed by atoms with Gasteiger partial charge in [-0.2, -0.15) is 0 Å². The summed E-state index contributed by atoms with van der Waals surface area (Å²) in [7, 11) is 0. The van der Waals surface area contributed by atoms with Crippen molar-refractivity contribution >= 4 is 16.9 Å². The fourth-order valence-electron chi connectivity index (χ4n) is 1.82. The van der Waals surface area contributed by atoms with Crippen molar-refractivity contribution in [3.05, 3.63) is 47.9 Å². The highest BCUT2D eigenvalue weighted by molar-refractivity contribution is 5.81. The molecule has 3 nitrogen and oxygen atoms in total. The minimum absolute atomic E-state index is 0.294. The van der Waals surface area contributed by atoms with Crippen LogP contribution in [0.15, 0.2) is 42.1 Å². The van der Waals surface area contributed by atoms with Crippen LogP contribution < -0.4 is 0 Å². The molecule has 0 spiro atoms. The molecule has 0 aliphatic heterocycles. The van der Waals surface area contributed by atoms with Gasteiger partial charge in [0.15, 0.2) is 0 Å². The first kappa shape index (κ1) is 11.4. The minimum atomic E-state index is -0.967. The monoisotopic (exact) mass is 233 g/mol. The lowest BCUT2D eigenvalue weighted by Gasteiger charge is -2.05. The van der Waals surface area contributed by atoms with E-state index < -0.39 is 5.97 Å². The van der Waals surface area contributed by atoms with E-state index in [9.17, 15) is 9.18 Å². The van der Waals surface area contributed by atoms with Crippen molar-refractivity contribution in [2.45, 2.75) is 13.5 Å². The number of hydrogen-bond donors (Lipinski definition) is 1. The van der Waals surface area contributed by atoms with Gasteiger partial charge in [0.05, 0.1) is 5.52 Å². The number of benzene rings is 1. The second-order valence-corrected chi connectivity index (χ2v) is 3.98. The highest BCUT2D eigenvalue weighted by Gasteiger charge is 2.03. The molecule has 2 aromatic rings. The summed E-state index contributed by atoms with van der Waals surface area (Å²) in [5, 5.41) is 9.56. The molecule has 1 N–H and O–H groups in total. The number of nitrogens with zero attached hydrogens (tertiary/aromatic N) is 1.